The fraction of sp³-hybridized carbons (Fsp3) is 0.366. The third kappa shape index (κ3) is 9.98. The van der Waals surface area contributed by atoms with Gasteiger partial charge in [0.05, 0.1) is 52.8 Å². The number of hydrogen-bond acceptors (Lipinski definition) is 14. The number of nitrogens with zero attached hydrogens (tertiary/aromatic N) is 8. The highest BCUT2D eigenvalue weighted by Crippen LogP contribution is 2.29. The molecule has 322 valence electrons. The maximum atomic E-state index is 13.8. The number of carbonyl (C=O) groups excluding carboxylic acids is 2. The minimum Gasteiger partial charge on any atom is -0.368 e. The van der Waals surface area contributed by atoms with Gasteiger partial charge in [-0.15, -0.1) is 22.7 Å². The number of halogens is 2. The number of hydrogen-bond donors (Lipinski definition) is 0. The second-order valence-corrected chi connectivity index (χ2v) is 20.8. The molecule has 1 atom stereocenters. The van der Waals surface area contributed by atoms with Gasteiger partial charge in [0.1, 0.15) is 0 Å². The molecule has 0 aliphatic carbocycles. The summed E-state index contributed by atoms with van der Waals surface area (Å²) in [5.41, 5.74) is 6.32. The van der Waals surface area contributed by atoms with Crippen LogP contribution in [0.2, 0.25) is 0 Å². The third-order valence-corrected chi connectivity index (χ3v) is 16.2. The molecule has 5 heterocycles. The van der Waals surface area contributed by atoms with Crippen molar-refractivity contribution in [1.82, 2.24) is 29.7 Å². The van der Waals surface area contributed by atoms with Crippen LogP contribution in [0.1, 0.15) is 30.9 Å². The lowest BCUT2D eigenvalue weighted by Gasteiger charge is -2.41. The number of aryl methyl sites for hydroxylation is 2. The fourth-order valence-electron chi connectivity index (χ4n) is 7.33. The molecule has 3 aromatic heterocycles. The van der Waals surface area contributed by atoms with Crippen molar-refractivity contribution in [2.75, 3.05) is 67.1 Å². The Kier molecular flexibility index (Phi) is 13.3. The van der Waals surface area contributed by atoms with E-state index in [0.717, 1.165) is 5.56 Å². The van der Waals surface area contributed by atoms with Crippen molar-refractivity contribution in [3.8, 4) is 0 Å². The number of sulfone groups is 2. The molecule has 2 amide bonds. The molecule has 0 bridgehead atoms. The van der Waals surface area contributed by atoms with Gasteiger partial charge in [0.15, 0.2) is 31.3 Å². The van der Waals surface area contributed by atoms with Gasteiger partial charge < -0.3 is 19.6 Å². The Bertz CT molecular complexity index is 2750. The van der Waals surface area contributed by atoms with Gasteiger partial charge in [0.2, 0.25) is 17.8 Å². The van der Waals surface area contributed by atoms with E-state index in [1.807, 2.05) is 23.6 Å². The summed E-state index contributed by atoms with van der Waals surface area (Å²) in [7, 11) is -7.20. The van der Waals surface area contributed by atoms with Gasteiger partial charge in [-0.05, 0) is 62.2 Å². The zero-order chi connectivity index (χ0) is 43.5. The molecule has 20 heteroatoms. The maximum Gasteiger partial charge on any atom is 0.225 e. The van der Waals surface area contributed by atoms with Crippen molar-refractivity contribution >= 4 is 86.2 Å². The molecule has 3 aromatic carbocycles. The fourth-order valence-corrected chi connectivity index (χ4v) is 12.5. The molecule has 2 aliphatic heterocycles. The number of anilines is 2. The minimum atomic E-state index is -3.64. The molecule has 2 fully saturated rings. The summed E-state index contributed by atoms with van der Waals surface area (Å²) < 4.78 is 79.9. The standard InChI is InChI=1S/C22H23F2N3O3S2.C19H21N5O3S2/c1-14-10-16(11-17(23)21(14)24)26-7-8-27(15(2)12-26)20(28)6-9-32(29,30)19-5-3-4-18-22(19)31-13-25-18;1-14-11-20-19(21-12-14)24-8-6-23(7-9-24)17(25)5-10-29(26,27)16-4-2-3-15-18(16)28-13-22-15/h3-5,10-11,13,15H,6-9,12H2,1-2H3;2-4,11-13H,5-10H2,1H3/t15-;/m0./s1. The largest absolute Gasteiger partial charge is 0.368 e. The lowest BCUT2D eigenvalue weighted by atomic mass is 10.1. The van der Waals surface area contributed by atoms with E-state index in [4.69, 9.17) is 0 Å². The molecule has 6 aromatic rings. The second kappa shape index (κ2) is 18.4. The first-order valence-electron chi connectivity index (χ1n) is 19.5. The molecule has 2 aliphatic rings. The zero-order valence-corrected chi connectivity index (χ0v) is 37.0. The van der Waals surface area contributed by atoms with Crippen LogP contribution < -0.4 is 9.80 Å². The van der Waals surface area contributed by atoms with Gasteiger partial charge in [0, 0.05) is 88.8 Å². The Hall–Kier alpha value is -5.18. The van der Waals surface area contributed by atoms with Crippen LogP contribution in [0.4, 0.5) is 20.4 Å². The first kappa shape index (κ1) is 43.9. The van der Waals surface area contributed by atoms with Gasteiger partial charge in [-0.1, -0.05) is 12.1 Å². The number of rotatable bonds is 10. The molecule has 0 unspecified atom stereocenters. The van der Waals surface area contributed by atoms with Crippen LogP contribution >= 0.6 is 22.7 Å². The lowest BCUT2D eigenvalue weighted by molar-refractivity contribution is -0.133. The van der Waals surface area contributed by atoms with Crippen LogP contribution in [0.15, 0.2) is 81.7 Å². The molecule has 61 heavy (non-hydrogen) atoms. The highest BCUT2D eigenvalue weighted by Gasteiger charge is 2.30. The highest BCUT2D eigenvalue weighted by molar-refractivity contribution is 7.92. The van der Waals surface area contributed by atoms with Gasteiger partial charge in [-0.25, -0.2) is 45.6 Å². The van der Waals surface area contributed by atoms with Gasteiger partial charge >= 0.3 is 0 Å². The van der Waals surface area contributed by atoms with Crippen LogP contribution in [0.3, 0.4) is 0 Å². The Morgan fingerprint density at radius 2 is 1.26 bits per heavy atom. The van der Waals surface area contributed by atoms with E-state index in [0.29, 0.717) is 77.9 Å². The number of thiazole rings is 2. The van der Waals surface area contributed by atoms with Crippen molar-refractivity contribution in [2.45, 2.75) is 49.4 Å². The van der Waals surface area contributed by atoms with E-state index in [1.165, 1.54) is 35.7 Å². The normalized spacial score (nSPS) is 16.2. The summed E-state index contributed by atoms with van der Waals surface area (Å²) in [5.74, 6) is -1.96. The summed E-state index contributed by atoms with van der Waals surface area (Å²) >= 11 is 2.56. The number of fused-ring (bicyclic) bond motifs is 2. The number of benzene rings is 3. The number of amides is 2. The Morgan fingerprint density at radius 3 is 1.80 bits per heavy atom. The monoisotopic (exact) mass is 910 g/mol. The molecule has 0 N–H and O–H groups in total. The van der Waals surface area contributed by atoms with Crippen LogP contribution in [0.25, 0.3) is 20.4 Å². The number of carbonyl (C=O) groups is 2. The SMILES string of the molecule is Cc1cc(N2CCN(C(=O)CCS(=O)(=O)c3cccc4ncsc34)[C@@H](C)C2)cc(F)c1F.Cc1cnc(N2CCN(C(=O)CCS(=O)(=O)c3cccc4ncsc34)CC2)nc1. The average molecular weight is 911 g/mol. The van der Waals surface area contributed by atoms with E-state index in [2.05, 4.69) is 19.9 Å². The summed E-state index contributed by atoms with van der Waals surface area (Å²) in [4.78, 5) is 50.1. The second-order valence-electron chi connectivity index (χ2n) is 14.9. The maximum absolute atomic E-state index is 13.8. The quantitative estimate of drug-likeness (QED) is 0.165. The molecule has 0 radical (unpaired) electrons. The van der Waals surface area contributed by atoms with Crippen molar-refractivity contribution in [3.05, 3.63) is 94.7 Å². The van der Waals surface area contributed by atoms with Crippen molar-refractivity contribution < 1.29 is 35.2 Å². The first-order valence-corrected chi connectivity index (χ1v) is 24.6. The molecular formula is C41H44F2N8O6S4. The predicted molar refractivity (Wildman–Crippen MR) is 233 cm³/mol. The first-order chi connectivity index (χ1) is 29.1. The van der Waals surface area contributed by atoms with Gasteiger partial charge in [-0.3, -0.25) is 9.59 Å². The van der Waals surface area contributed by atoms with E-state index < -0.39 is 31.3 Å². The van der Waals surface area contributed by atoms with Crippen molar-refractivity contribution in [1.29, 1.82) is 0 Å². The summed E-state index contributed by atoms with van der Waals surface area (Å²) in [6, 6.07) is 12.6. The lowest BCUT2D eigenvalue weighted by Crippen LogP contribution is -2.54. The number of aromatic nitrogens is 4. The van der Waals surface area contributed by atoms with Gasteiger partial charge in [0.25, 0.3) is 0 Å². The van der Waals surface area contributed by atoms with E-state index in [1.54, 1.807) is 75.7 Å². The van der Waals surface area contributed by atoms with Crippen LogP contribution in [0, 0.1) is 25.5 Å². The summed E-state index contributed by atoms with van der Waals surface area (Å²) in [5, 5.41) is 0. The van der Waals surface area contributed by atoms with Crippen LogP contribution in [-0.4, -0.2) is 122 Å². The molecule has 2 saturated heterocycles. The van der Waals surface area contributed by atoms with Crippen LogP contribution in [-0.2, 0) is 29.3 Å². The van der Waals surface area contributed by atoms with E-state index in [-0.39, 0.29) is 57.6 Å². The Balaban J connectivity index is 0.000000185. The molecule has 0 spiro atoms. The highest BCUT2D eigenvalue weighted by atomic mass is 32.2. The van der Waals surface area contributed by atoms with Crippen molar-refractivity contribution in [3.63, 3.8) is 0 Å². The van der Waals surface area contributed by atoms with Crippen LogP contribution in [0.5, 0.6) is 0 Å². The minimum absolute atomic E-state index is 0.0292. The molecule has 14 nitrogen and oxygen atoms in total. The van der Waals surface area contributed by atoms with Gasteiger partial charge in [-0.2, -0.15) is 0 Å². The summed E-state index contributed by atoms with van der Waals surface area (Å²) in [6.07, 6.45) is 3.40. The number of piperazine rings is 2. The predicted octanol–water partition coefficient (Wildman–Crippen LogP) is 5.69. The van der Waals surface area contributed by atoms with E-state index >= 15 is 0 Å². The molecular weight excluding hydrogens is 867 g/mol. The summed E-state index contributed by atoms with van der Waals surface area (Å²) in [6.45, 7) is 8.90. The van der Waals surface area contributed by atoms with E-state index in [9.17, 15) is 35.2 Å². The smallest absolute Gasteiger partial charge is 0.225 e. The third-order valence-electron chi connectivity index (χ3n) is 10.7. The topological polar surface area (TPSA) is 167 Å². The Labute approximate surface area is 360 Å². The zero-order valence-electron chi connectivity index (χ0n) is 33.7. The average Bonchev–Trinajstić information content (AvgIpc) is 3.95. The molecule has 8 rings (SSSR count). The van der Waals surface area contributed by atoms with Crippen molar-refractivity contribution in [2.24, 2.45) is 0 Å². The Morgan fingerprint density at radius 1 is 0.721 bits per heavy atom. The molecule has 0 saturated carbocycles.